The number of ether oxygens (including phenoxy) is 1. The van der Waals surface area contributed by atoms with Crippen molar-refractivity contribution in [1.29, 1.82) is 0 Å². The Balaban J connectivity index is 2.26. The molecule has 22 heavy (non-hydrogen) atoms. The third kappa shape index (κ3) is 3.75. The van der Waals surface area contributed by atoms with Gasteiger partial charge in [-0.25, -0.2) is 0 Å². The molecule has 1 unspecified atom stereocenters. The zero-order chi connectivity index (χ0) is 16.5. The van der Waals surface area contributed by atoms with Crippen LogP contribution in [-0.2, 0) is 32.9 Å². The van der Waals surface area contributed by atoms with E-state index in [-0.39, 0.29) is 6.42 Å². The number of nitrogens with one attached hydrogen (secondary N) is 1. The van der Waals surface area contributed by atoms with Gasteiger partial charge in [0.1, 0.15) is 10.3 Å². The predicted octanol–water partition coefficient (Wildman–Crippen LogP) is 2.24. The molecule has 2 N–H and O–H groups in total. The Labute approximate surface area is 138 Å². The summed E-state index contributed by atoms with van der Waals surface area (Å²) in [6.45, 7) is 6.43. The highest BCUT2D eigenvalue weighted by atomic mass is 35.5. The van der Waals surface area contributed by atoms with Crippen molar-refractivity contribution in [2.75, 3.05) is 13.2 Å². The van der Waals surface area contributed by atoms with Gasteiger partial charge in [0, 0.05) is 16.4 Å². The molecule has 1 aliphatic heterocycles. The first-order valence-electron chi connectivity index (χ1n) is 6.92. The van der Waals surface area contributed by atoms with E-state index in [1.807, 2.05) is 20.8 Å². The summed E-state index contributed by atoms with van der Waals surface area (Å²) in [5.74, 6) is -0.905. The van der Waals surface area contributed by atoms with Crippen LogP contribution in [0.1, 0.15) is 31.9 Å². The molecular formula is C15H20ClNO4S. The molecule has 1 atom stereocenters. The van der Waals surface area contributed by atoms with E-state index in [4.69, 9.17) is 21.4 Å². The number of carboxylic acid groups (broad SMARTS) is 1. The fourth-order valence-corrected chi connectivity index (χ4v) is 3.41. The van der Waals surface area contributed by atoms with Crippen LogP contribution in [0.25, 0.3) is 0 Å². The van der Waals surface area contributed by atoms with Gasteiger partial charge in [-0.1, -0.05) is 23.7 Å². The first-order valence-corrected chi connectivity index (χ1v) is 8.45. The van der Waals surface area contributed by atoms with Gasteiger partial charge in [-0.15, -0.1) is 4.72 Å². The summed E-state index contributed by atoms with van der Waals surface area (Å²) in [6, 6.07) is 5.17. The molecule has 1 aromatic rings. The minimum atomic E-state index is -1.26. The topological polar surface area (TPSA) is 81.6 Å². The van der Waals surface area contributed by atoms with Crippen LogP contribution >= 0.6 is 11.6 Å². The van der Waals surface area contributed by atoms with E-state index in [0.29, 0.717) is 23.8 Å². The van der Waals surface area contributed by atoms with Crippen LogP contribution in [0.15, 0.2) is 18.2 Å². The van der Waals surface area contributed by atoms with Crippen LogP contribution in [0.2, 0.25) is 5.02 Å². The molecular weight excluding hydrogens is 326 g/mol. The number of rotatable bonds is 5. The number of carbonyl (C=O) groups is 1. The van der Waals surface area contributed by atoms with Gasteiger partial charge in [-0.3, -0.25) is 4.79 Å². The van der Waals surface area contributed by atoms with Gasteiger partial charge in [0.05, 0.1) is 19.6 Å². The summed E-state index contributed by atoms with van der Waals surface area (Å²) in [6.07, 6.45) is -0.0785. The van der Waals surface area contributed by atoms with Crippen LogP contribution in [-0.4, -0.2) is 33.6 Å². The monoisotopic (exact) mass is 345 g/mol. The summed E-state index contributed by atoms with van der Waals surface area (Å²) in [7, 11) is 0. The molecule has 2 rings (SSSR count). The molecule has 0 aliphatic carbocycles. The lowest BCUT2D eigenvalue weighted by Gasteiger charge is -2.43. The van der Waals surface area contributed by atoms with Gasteiger partial charge in [0.15, 0.2) is 0 Å². The number of hydrogen-bond donors (Lipinski definition) is 2. The van der Waals surface area contributed by atoms with Crippen LogP contribution < -0.4 is 4.72 Å². The summed E-state index contributed by atoms with van der Waals surface area (Å²) >= 11 is 5.06. The van der Waals surface area contributed by atoms with Gasteiger partial charge in [0.2, 0.25) is 0 Å². The summed E-state index contributed by atoms with van der Waals surface area (Å²) in [4.78, 5) is 10.8. The number of benzene rings is 1. The maximum Gasteiger partial charge on any atom is 0.307 e. The Hall–Kier alpha value is -0.790. The SMILES string of the molecule is CC(C)(C)[S+]([O-])NC1(c2ccc(CC(=O)O)cc2Cl)COC1. The number of halogens is 1. The standard InChI is InChI=1S/C15H20ClNO4S/c1-14(2,3)22(20)17-15(8-21-9-15)11-5-4-10(6-12(11)16)7-13(18)19/h4-6,17H,7-9H2,1-3H3,(H,18,19). The van der Waals surface area contributed by atoms with Crippen molar-refractivity contribution in [1.82, 2.24) is 4.72 Å². The first kappa shape index (κ1) is 17.6. The third-order valence-corrected chi connectivity index (χ3v) is 5.45. The van der Waals surface area contributed by atoms with Crippen molar-refractivity contribution in [3.05, 3.63) is 34.3 Å². The Morgan fingerprint density at radius 2 is 2.14 bits per heavy atom. The number of hydrogen-bond acceptors (Lipinski definition) is 4. The van der Waals surface area contributed by atoms with Crippen molar-refractivity contribution < 1.29 is 19.2 Å². The van der Waals surface area contributed by atoms with Crippen molar-refractivity contribution in [3.8, 4) is 0 Å². The van der Waals surface area contributed by atoms with E-state index in [9.17, 15) is 9.35 Å². The molecule has 0 spiro atoms. The van der Waals surface area contributed by atoms with E-state index in [1.54, 1.807) is 18.2 Å². The normalized spacial score (nSPS) is 18.6. The average molecular weight is 346 g/mol. The molecule has 122 valence electrons. The van der Waals surface area contributed by atoms with E-state index in [1.165, 1.54) is 0 Å². The fourth-order valence-electron chi connectivity index (χ4n) is 2.14. The molecule has 1 fully saturated rings. The zero-order valence-corrected chi connectivity index (χ0v) is 14.4. The lowest BCUT2D eigenvalue weighted by atomic mass is 9.88. The maximum atomic E-state index is 12.4. The molecule has 0 aromatic heterocycles. The highest BCUT2D eigenvalue weighted by Crippen LogP contribution is 2.36. The van der Waals surface area contributed by atoms with Crippen molar-refractivity contribution in [2.24, 2.45) is 0 Å². The van der Waals surface area contributed by atoms with Gasteiger partial charge < -0.3 is 14.4 Å². The lowest BCUT2D eigenvalue weighted by molar-refractivity contribution is -0.136. The summed E-state index contributed by atoms with van der Waals surface area (Å²) in [5.41, 5.74) is 0.831. The molecule has 1 heterocycles. The van der Waals surface area contributed by atoms with Crippen molar-refractivity contribution >= 4 is 28.9 Å². The quantitative estimate of drug-likeness (QED) is 0.800. The van der Waals surface area contributed by atoms with Crippen LogP contribution in [0.4, 0.5) is 0 Å². The average Bonchev–Trinajstić information content (AvgIpc) is 2.32. The Bertz CT molecular complexity index is 569. The van der Waals surface area contributed by atoms with Crippen LogP contribution in [0.3, 0.4) is 0 Å². The molecule has 1 aliphatic rings. The summed E-state index contributed by atoms with van der Waals surface area (Å²) < 4.78 is 20.4. The molecule has 7 heteroatoms. The van der Waals surface area contributed by atoms with Crippen LogP contribution in [0, 0.1) is 0 Å². The van der Waals surface area contributed by atoms with E-state index < -0.39 is 27.6 Å². The number of aliphatic carboxylic acids is 1. The Morgan fingerprint density at radius 3 is 2.55 bits per heavy atom. The minimum Gasteiger partial charge on any atom is -0.598 e. The second kappa shape index (κ2) is 6.37. The molecule has 5 nitrogen and oxygen atoms in total. The molecule has 0 amide bonds. The summed E-state index contributed by atoms with van der Waals surface area (Å²) in [5, 5.41) is 9.30. The van der Waals surface area contributed by atoms with Crippen LogP contribution in [0.5, 0.6) is 0 Å². The highest BCUT2D eigenvalue weighted by molar-refractivity contribution is 7.90. The first-order chi connectivity index (χ1) is 10.1. The van der Waals surface area contributed by atoms with E-state index >= 15 is 0 Å². The maximum absolute atomic E-state index is 12.4. The molecule has 1 aromatic carbocycles. The van der Waals surface area contributed by atoms with Gasteiger partial charge in [-0.2, -0.15) is 0 Å². The van der Waals surface area contributed by atoms with Gasteiger partial charge >= 0.3 is 5.97 Å². The Kier molecular flexibility index (Phi) is 5.09. The molecule has 0 bridgehead atoms. The second-order valence-electron chi connectivity index (χ2n) is 6.44. The van der Waals surface area contributed by atoms with E-state index in [0.717, 1.165) is 5.56 Å². The Morgan fingerprint density at radius 1 is 1.50 bits per heavy atom. The van der Waals surface area contributed by atoms with Gasteiger partial charge in [-0.05, 0) is 38.0 Å². The van der Waals surface area contributed by atoms with Crippen molar-refractivity contribution in [2.45, 2.75) is 37.5 Å². The smallest absolute Gasteiger partial charge is 0.307 e. The van der Waals surface area contributed by atoms with Gasteiger partial charge in [0.25, 0.3) is 0 Å². The number of carboxylic acids is 1. The lowest BCUT2D eigenvalue weighted by Crippen LogP contribution is -2.61. The molecule has 1 saturated heterocycles. The molecule has 0 radical (unpaired) electrons. The van der Waals surface area contributed by atoms with E-state index in [2.05, 4.69) is 4.72 Å². The largest absolute Gasteiger partial charge is 0.598 e. The highest BCUT2D eigenvalue weighted by Gasteiger charge is 2.47. The molecule has 0 saturated carbocycles. The second-order valence-corrected chi connectivity index (χ2v) is 8.82. The fraction of sp³-hybridized carbons (Fsp3) is 0.533. The predicted molar refractivity (Wildman–Crippen MR) is 86.3 cm³/mol. The zero-order valence-electron chi connectivity index (χ0n) is 12.8. The third-order valence-electron chi connectivity index (χ3n) is 3.45. The minimum absolute atomic E-state index is 0.0785. The van der Waals surface area contributed by atoms with Crippen molar-refractivity contribution in [3.63, 3.8) is 0 Å².